The molecule has 30 heavy (non-hydrogen) atoms. The van der Waals surface area contributed by atoms with Gasteiger partial charge >= 0.3 is 5.69 Å². The summed E-state index contributed by atoms with van der Waals surface area (Å²) in [5.41, 5.74) is 3.40. The minimum absolute atomic E-state index is 0.0735. The number of amides is 1. The first-order valence-electron chi connectivity index (χ1n) is 9.53. The van der Waals surface area contributed by atoms with Crippen LogP contribution in [0.4, 0.5) is 5.69 Å². The molecule has 0 spiro atoms. The predicted octanol–water partition coefficient (Wildman–Crippen LogP) is 3.69. The van der Waals surface area contributed by atoms with Crippen LogP contribution in [0.2, 0.25) is 0 Å². The summed E-state index contributed by atoms with van der Waals surface area (Å²) in [6, 6.07) is 11.2. The summed E-state index contributed by atoms with van der Waals surface area (Å²) >= 11 is 0. The summed E-state index contributed by atoms with van der Waals surface area (Å²) in [6.07, 6.45) is 2.08. The van der Waals surface area contributed by atoms with Crippen molar-refractivity contribution < 1.29 is 14.1 Å². The van der Waals surface area contributed by atoms with Crippen molar-refractivity contribution in [2.45, 2.75) is 39.8 Å². The molecule has 0 aliphatic carbocycles. The van der Waals surface area contributed by atoms with Gasteiger partial charge < -0.3 is 4.42 Å². The topological polar surface area (TPSA) is 107 Å². The van der Waals surface area contributed by atoms with Crippen molar-refractivity contribution in [1.29, 1.82) is 0 Å². The fourth-order valence-electron chi connectivity index (χ4n) is 3.67. The van der Waals surface area contributed by atoms with Crippen molar-refractivity contribution in [3.8, 4) is 0 Å². The number of hydrogen-bond donors (Lipinski definition) is 0. The van der Waals surface area contributed by atoms with Gasteiger partial charge in [-0.3, -0.25) is 19.6 Å². The minimum Gasteiger partial charge on any atom is -0.467 e. The Balaban J connectivity index is 1.65. The van der Waals surface area contributed by atoms with Gasteiger partial charge in [-0.15, -0.1) is 0 Å². The average Bonchev–Trinajstić information content (AvgIpc) is 3.42. The smallest absolute Gasteiger partial charge is 0.312 e. The van der Waals surface area contributed by atoms with Crippen molar-refractivity contribution in [3.63, 3.8) is 0 Å². The van der Waals surface area contributed by atoms with Gasteiger partial charge in [0.1, 0.15) is 29.7 Å². The molecule has 154 valence electrons. The molecular weight excluding hydrogens is 386 g/mol. The minimum atomic E-state index is -0.478. The van der Waals surface area contributed by atoms with E-state index in [0.717, 1.165) is 16.8 Å². The van der Waals surface area contributed by atoms with Crippen molar-refractivity contribution in [3.05, 3.63) is 81.1 Å². The van der Waals surface area contributed by atoms with Crippen LogP contribution in [0.1, 0.15) is 40.7 Å². The van der Waals surface area contributed by atoms with Gasteiger partial charge in [-0.1, -0.05) is 29.8 Å². The molecular formula is C21H21N5O4. The Morgan fingerprint density at radius 2 is 1.97 bits per heavy atom. The number of carbonyl (C=O) groups excluding carboxylic acids is 1. The van der Waals surface area contributed by atoms with Gasteiger partial charge in [0.2, 0.25) is 0 Å². The molecule has 1 aliphatic heterocycles. The average molecular weight is 407 g/mol. The highest BCUT2D eigenvalue weighted by Gasteiger charge is 2.35. The van der Waals surface area contributed by atoms with Crippen LogP contribution in [0.3, 0.4) is 0 Å². The molecule has 0 saturated heterocycles. The monoisotopic (exact) mass is 407 g/mol. The first-order valence-corrected chi connectivity index (χ1v) is 9.53. The number of benzene rings is 1. The highest BCUT2D eigenvalue weighted by molar-refractivity contribution is 6.03. The van der Waals surface area contributed by atoms with Crippen LogP contribution in [0, 0.1) is 30.9 Å². The van der Waals surface area contributed by atoms with E-state index in [2.05, 4.69) is 10.2 Å². The fraction of sp³-hybridized carbons (Fsp3) is 0.286. The Morgan fingerprint density at radius 3 is 2.57 bits per heavy atom. The number of aryl methyl sites for hydroxylation is 2. The number of nitrogens with zero attached hydrogens (tertiary/aromatic N) is 5. The molecule has 4 rings (SSSR count). The second-order valence-corrected chi connectivity index (χ2v) is 7.32. The lowest BCUT2D eigenvalue weighted by Crippen LogP contribution is -2.30. The van der Waals surface area contributed by atoms with Crippen LogP contribution in [-0.4, -0.2) is 31.3 Å². The molecule has 9 heteroatoms. The number of rotatable bonds is 5. The van der Waals surface area contributed by atoms with Crippen LogP contribution < -0.4 is 0 Å². The van der Waals surface area contributed by atoms with Crippen molar-refractivity contribution in [2.24, 2.45) is 5.10 Å². The first-order chi connectivity index (χ1) is 14.3. The zero-order valence-corrected chi connectivity index (χ0v) is 16.9. The largest absolute Gasteiger partial charge is 0.467 e. The van der Waals surface area contributed by atoms with Gasteiger partial charge in [0, 0.05) is 6.42 Å². The zero-order valence-electron chi connectivity index (χ0n) is 16.9. The van der Waals surface area contributed by atoms with Gasteiger partial charge in [-0.25, -0.2) is 5.01 Å². The molecule has 0 N–H and O–H groups in total. The maximum atomic E-state index is 13.1. The molecule has 0 fully saturated rings. The molecule has 1 unspecified atom stereocenters. The van der Waals surface area contributed by atoms with Crippen molar-refractivity contribution in [1.82, 2.24) is 14.8 Å². The van der Waals surface area contributed by atoms with Gasteiger partial charge in [0.25, 0.3) is 5.91 Å². The standard InChI is InChI=1S/C21H21N5O4/c1-13-6-8-16(9-7-13)17-11-18(19-5-4-10-30-19)25(23-17)20(27)12-24-15(3)21(26(28)29)14(2)22-24/h4-10,18H,11-12H2,1-3H3. The van der Waals surface area contributed by atoms with Crippen LogP contribution in [0.5, 0.6) is 0 Å². The SMILES string of the molecule is Cc1ccc(C2=NN(C(=O)Cn3nc(C)c([N+](=O)[O-])c3C)C(c3ccco3)C2)cc1. The molecule has 1 amide bonds. The Hall–Kier alpha value is -3.75. The molecule has 1 atom stereocenters. The lowest BCUT2D eigenvalue weighted by atomic mass is 10.0. The van der Waals surface area contributed by atoms with E-state index in [-0.39, 0.29) is 29.9 Å². The van der Waals surface area contributed by atoms with Crippen LogP contribution >= 0.6 is 0 Å². The highest BCUT2D eigenvalue weighted by atomic mass is 16.6. The lowest BCUT2D eigenvalue weighted by Gasteiger charge is -2.20. The zero-order chi connectivity index (χ0) is 21.4. The van der Waals surface area contributed by atoms with Crippen molar-refractivity contribution >= 4 is 17.3 Å². The third-order valence-electron chi connectivity index (χ3n) is 5.23. The van der Waals surface area contributed by atoms with Crippen LogP contribution in [0.15, 0.2) is 52.2 Å². The third-order valence-corrected chi connectivity index (χ3v) is 5.23. The highest BCUT2D eigenvalue weighted by Crippen LogP contribution is 2.33. The molecule has 0 radical (unpaired) electrons. The van der Waals surface area contributed by atoms with E-state index in [1.807, 2.05) is 37.3 Å². The third kappa shape index (κ3) is 3.49. The first kappa shape index (κ1) is 19.6. The normalized spacial score (nSPS) is 16.0. The van der Waals surface area contributed by atoms with E-state index in [0.29, 0.717) is 17.9 Å². The summed E-state index contributed by atoms with van der Waals surface area (Å²) in [5.74, 6) is 0.313. The van der Waals surface area contributed by atoms with E-state index in [4.69, 9.17) is 4.42 Å². The molecule has 3 heterocycles. The number of nitro groups is 1. The lowest BCUT2D eigenvalue weighted by molar-refractivity contribution is -0.386. The quantitative estimate of drug-likeness (QED) is 0.474. The summed E-state index contributed by atoms with van der Waals surface area (Å²) in [6.45, 7) is 5.00. The molecule has 1 aromatic carbocycles. The summed E-state index contributed by atoms with van der Waals surface area (Å²) < 4.78 is 6.91. The van der Waals surface area contributed by atoms with E-state index in [1.165, 1.54) is 9.69 Å². The van der Waals surface area contributed by atoms with Crippen molar-refractivity contribution in [2.75, 3.05) is 0 Å². The molecule has 9 nitrogen and oxygen atoms in total. The molecule has 0 saturated carbocycles. The Labute approximate surface area is 172 Å². The summed E-state index contributed by atoms with van der Waals surface area (Å²) in [7, 11) is 0. The van der Waals surface area contributed by atoms with Crippen LogP contribution in [0.25, 0.3) is 0 Å². The number of aromatic nitrogens is 2. The van der Waals surface area contributed by atoms with Gasteiger partial charge in [0.15, 0.2) is 0 Å². The number of hydrazone groups is 1. The van der Waals surface area contributed by atoms with Crippen LogP contribution in [-0.2, 0) is 11.3 Å². The second-order valence-electron chi connectivity index (χ2n) is 7.32. The Bertz CT molecular complexity index is 1130. The predicted molar refractivity (Wildman–Crippen MR) is 109 cm³/mol. The fourth-order valence-corrected chi connectivity index (χ4v) is 3.67. The number of furan rings is 1. The molecule has 0 bridgehead atoms. The van der Waals surface area contributed by atoms with E-state index < -0.39 is 4.92 Å². The summed E-state index contributed by atoms with van der Waals surface area (Å²) in [4.78, 5) is 23.9. The summed E-state index contributed by atoms with van der Waals surface area (Å²) in [5, 5.41) is 21.4. The van der Waals surface area contributed by atoms with Gasteiger partial charge in [-0.2, -0.15) is 10.2 Å². The second kappa shape index (κ2) is 7.58. The Morgan fingerprint density at radius 1 is 1.23 bits per heavy atom. The van der Waals surface area contributed by atoms with E-state index in [1.54, 1.807) is 26.2 Å². The Kier molecular flexibility index (Phi) is 4.94. The molecule has 1 aliphatic rings. The molecule has 3 aromatic rings. The molecule has 2 aromatic heterocycles. The van der Waals surface area contributed by atoms with Gasteiger partial charge in [-0.05, 0) is 38.5 Å². The number of hydrogen-bond acceptors (Lipinski definition) is 6. The maximum Gasteiger partial charge on any atom is 0.312 e. The van der Waals surface area contributed by atoms with E-state index in [9.17, 15) is 14.9 Å². The van der Waals surface area contributed by atoms with Gasteiger partial charge in [0.05, 0.1) is 16.9 Å². The van der Waals surface area contributed by atoms with E-state index >= 15 is 0 Å². The maximum absolute atomic E-state index is 13.1. The number of carbonyl (C=O) groups is 1.